The first-order valence-corrected chi connectivity index (χ1v) is 7.20. The average molecular weight is 280 g/mol. The van der Waals surface area contributed by atoms with E-state index in [0.29, 0.717) is 16.9 Å². The lowest BCUT2D eigenvalue weighted by Gasteiger charge is -2.37. The van der Waals surface area contributed by atoms with Gasteiger partial charge < -0.3 is 5.73 Å². The van der Waals surface area contributed by atoms with Crippen LogP contribution in [0.1, 0.15) is 37.8 Å². The third-order valence-corrected chi connectivity index (χ3v) is 4.17. The summed E-state index contributed by atoms with van der Waals surface area (Å²) in [5.41, 5.74) is 7.41. The van der Waals surface area contributed by atoms with Crippen molar-refractivity contribution in [1.29, 1.82) is 0 Å². The Balaban J connectivity index is 2.22. The lowest BCUT2D eigenvalue weighted by atomic mass is 9.94. The predicted octanol–water partition coefficient (Wildman–Crippen LogP) is 3.08. The molecule has 0 saturated carbocycles. The summed E-state index contributed by atoms with van der Waals surface area (Å²) in [6.45, 7) is 6.26. The van der Waals surface area contributed by atoms with Crippen LogP contribution in [0.4, 0.5) is 4.39 Å². The Kier molecular flexibility index (Phi) is 4.53. The Morgan fingerprint density at radius 3 is 2.84 bits per heavy atom. The second-order valence-corrected chi connectivity index (χ2v) is 6.07. The van der Waals surface area contributed by atoms with Crippen LogP contribution in [0.5, 0.6) is 0 Å². The van der Waals surface area contributed by atoms with Crippen LogP contribution in [-0.4, -0.2) is 22.5 Å². The molecular formula is C15H21FN2S. The maximum Gasteiger partial charge on any atom is 0.123 e. The zero-order chi connectivity index (χ0) is 14.0. The fourth-order valence-electron chi connectivity index (χ4n) is 2.75. The normalized spacial score (nSPS) is 24.4. The number of piperidine rings is 1. The lowest BCUT2D eigenvalue weighted by molar-refractivity contribution is 0.117. The summed E-state index contributed by atoms with van der Waals surface area (Å²) < 4.78 is 13.4. The monoisotopic (exact) mass is 280 g/mol. The fourth-order valence-corrected chi connectivity index (χ4v) is 2.95. The Morgan fingerprint density at radius 1 is 1.42 bits per heavy atom. The zero-order valence-electron chi connectivity index (χ0n) is 11.5. The van der Waals surface area contributed by atoms with Crippen molar-refractivity contribution in [3.8, 4) is 0 Å². The highest BCUT2D eigenvalue weighted by Crippen LogP contribution is 2.24. The predicted molar refractivity (Wildman–Crippen MR) is 80.6 cm³/mol. The van der Waals surface area contributed by atoms with Crippen LogP contribution in [0.3, 0.4) is 0 Å². The molecule has 2 nitrogen and oxygen atoms in total. The van der Waals surface area contributed by atoms with Gasteiger partial charge in [-0.1, -0.05) is 19.1 Å². The van der Waals surface area contributed by atoms with E-state index in [0.717, 1.165) is 24.2 Å². The summed E-state index contributed by atoms with van der Waals surface area (Å²) in [6.07, 6.45) is 2.46. The molecule has 1 aromatic rings. The third kappa shape index (κ3) is 3.51. The Bertz CT molecular complexity index is 475. The van der Waals surface area contributed by atoms with E-state index >= 15 is 0 Å². The highest BCUT2D eigenvalue weighted by molar-refractivity contribution is 7.80. The van der Waals surface area contributed by atoms with Crippen LogP contribution >= 0.6 is 12.2 Å². The van der Waals surface area contributed by atoms with Gasteiger partial charge in [-0.25, -0.2) is 4.39 Å². The molecular weight excluding hydrogens is 259 g/mol. The van der Waals surface area contributed by atoms with Gasteiger partial charge >= 0.3 is 0 Å². The highest BCUT2D eigenvalue weighted by atomic mass is 32.1. The molecule has 1 saturated heterocycles. The van der Waals surface area contributed by atoms with Crippen LogP contribution in [0, 0.1) is 11.7 Å². The number of hydrogen-bond acceptors (Lipinski definition) is 2. The van der Waals surface area contributed by atoms with Gasteiger partial charge in [0.25, 0.3) is 0 Å². The first kappa shape index (κ1) is 14.4. The van der Waals surface area contributed by atoms with Crippen molar-refractivity contribution in [3.63, 3.8) is 0 Å². The number of thiocarbonyl (C=S) groups is 1. The van der Waals surface area contributed by atoms with Crippen LogP contribution in [0.25, 0.3) is 0 Å². The molecule has 0 bridgehead atoms. The number of nitrogens with two attached hydrogens (primary N) is 1. The van der Waals surface area contributed by atoms with Gasteiger partial charge in [0.1, 0.15) is 10.8 Å². The van der Waals surface area contributed by atoms with E-state index in [4.69, 9.17) is 18.0 Å². The molecule has 0 spiro atoms. The van der Waals surface area contributed by atoms with Gasteiger partial charge in [-0.15, -0.1) is 0 Å². The molecule has 2 N–H and O–H groups in total. The van der Waals surface area contributed by atoms with E-state index in [1.54, 1.807) is 12.1 Å². The van der Waals surface area contributed by atoms with Crippen molar-refractivity contribution < 1.29 is 4.39 Å². The SMILES string of the molecule is CC1CCC(C)N(Cc2cc(F)ccc2C(N)=S)C1. The van der Waals surface area contributed by atoms with Crippen molar-refractivity contribution in [2.45, 2.75) is 39.3 Å². The molecule has 19 heavy (non-hydrogen) atoms. The maximum atomic E-state index is 13.4. The van der Waals surface area contributed by atoms with E-state index in [1.165, 1.54) is 18.9 Å². The third-order valence-electron chi connectivity index (χ3n) is 3.95. The first-order chi connectivity index (χ1) is 8.97. The smallest absolute Gasteiger partial charge is 0.123 e. The van der Waals surface area contributed by atoms with Gasteiger partial charge in [0.2, 0.25) is 0 Å². The van der Waals surface area contributed by atoms with Gasteiger partial charge in [-0.3, -0.25) is 4.90 Å². The molecule has 104 valence electrons. The van der Waals surface area contributed by atoms with Crippen LogP contribution < -0.4 is 5.73 Å². The number of likely N-dealkylation sites (tertiary alicyclic amines) is 1. The molecule has 1 aromatic carbocycles. The molecule has 1 fully saturated rings. The van der Waals surface area contributed by atoms with Gasteiger partial charge in [-0.2, -0.15) is 0 Å². The second-order valence-electron chi connectivity index (χ2n) is 5.63. The minimum absolute atomic E-state index is 0.229. The van der Waals surface area contributed by atoms with Gasteiger partial charge in [0.15, 0.2) is 0 Å². The lowest BCUT2D eigenvalue weighted by Crippen LogP contribution is -2.40. The summed E-state index contributed by atoms with van der Waals surface area (Å²) in [4.78, 5) is 2.73. The molecule has 0 aromatic heterocycles. The second kappa shape index (κ2) is 5.97. The Hall–Kier alpha value is -1.00. The average Bonchev–Trinajstić information content (AvgIpc) is 2.33. The van der Waals surface area contributed by atoms with E-state index < -0.39 is 0 Å². The van der Waals surface area contributed by atoms with Crippen molar-refractivity contribution in [2.24, 2.45) is 11.7 Å². The number of nitrogens with zero attached hydrogens (tertiary/aromatic N) is 1. The summed E-state index contributed by atoms with van der Waals surface area (Å²) in [6, 6.07) is 5.19. The van der Waals surface area contributed by atoms with Crippen LogP contribution in [-0.2, 0) is 6.54 Å². The fraction of sp³-hybridized carbons (Fsp3) is 0.533. The van der Waals surface area contributed by atoms with Crippen LogP contribution in [0.15, 0.2) is 18.2 Å². The summed E-state index contributed by atoms with van der Waals surface area (Å²) in [5, 5.41) is 0. The molecule has 1 aliphatic rings. The van der Waals surface area contributed by atoms with Gasteiger partial charge in [-0.05, 0) is 49.4 Å². The van der Waals surface area contributed by atoms with Crippen molar-refractivity contribution in [3.05, 3.63) is 35.1 Å². The first-order valence-electron chi connectivity index (χ1n) is 6.79. The standard InChI is InChI=1S/C15H21FN2S/c1-10-3-4-11(2)18(8-10)9-12-7-13(16)5-6-14(12)15(17)19/h5-7,10-11H,3-4,8-9H2,1-2H3,(H2,17,19). The molecule has 2 rings (SSSR count). The van der Waals surface area contributed by atoms with E-state index in [9.17, 15) is 4.39 Å². The van der Waals surface area contributed by atoms with E-state index in [1.807, 2.05) is 0 Å². The largest absolute Gasteiger partial charge is 0.389 e. The molecule has 0 aliphatic carbocycles. The Labute approximate surface area is 119 Å². The number of benzene rings is 1. The summed E-state index contributed by atoms with van der Waals surface area (Å²) in [5.74, 6) is 0.464. The molecule has 1 aliphatic heterocycles. The molecule has 0 radical (unpaired) electrons. The minimum Gasteiger partial charge on any atom is -0.389 e. The molecule has 4 heteroatoms. The van der Waals surface area contributed by atoms with Gasteiger partial charge in [0.05, 0.1) is 0 Å². The zero-order valence-corrected chi connectivity index (χ0v) is 12.3. The maximum absolute atomic E-state index is 13.4. The molecule has 1 heterocycles. The quantitative estimate of drug-likeness (QED) is 0.863. The van der Waals surface area contributed by atoms with Crippen molar-refractivity contribution in [1.82, 2.24) is 4.90 Å². The highest BCUT2D eigenvalue weighted by Gasteiger charge is 2.23. The Morgan fingerprint density at radius 2 is 2.16 bits per heavy atom. The van der Waals surface area contributed by atoms with Crippen LogP contribution in [0.2, 0.25) is 0 Å². The molecule has 2 atom stereocenters. The van der Waals surface area contributed by atoms with E-state index in [2.05, 4.69) is 18.7 Å². The minimum atomic E-state index is -0.229. The summed E-state index contributed by atoms with van der Waals surface area (Å²) in [7, 11) is 0. The number of hydrogen-bond donors (Lipinski definition) is 1. The van der Waals surface area contributed by atoms with Crippen molar-refractivity contribution >= 4 is 17.2 Å². The van der Waals surface area contributed by atoms with Crippen molar-refractivity contribution in [2.75, 3.05) is 6.54 Å². The topological polar surface area (TPSA) is 29.3 Å². The molecule has 2 unspecified atom stereocenters. The number of rotatable bonds is 3. The summed E-state index contributed by atoms with van der Waals surface area (Å²) >= 11 is 5.05. The van der Waals surface area contributed by atoms with E-state index in [-0.39, 0.29) is 5.82 Å². The van der Waals surface area contributed by atoms with Gasteiger partial charge in [0, 0.05) is 24.7 Å². The number of halogens is 1. The molecule has 0 amide bonds.